The van der Waals surface area contributed by atoms with Crippen molar-refractivity contribution in [1.29, 1.82) is 0 Å². The number of rotatable bonds is 6. The zero-order valence-corrected chi connectivity index (χ0v) is 19.2. The Labute approximate surface area is 184 Å². The molecule has 0 bridgehead atoms. The van der Waals surface area contributed by atoms with Gasteiger partial charge in [-0.25, -0.2) is 4.39 Å². The maximum absolute atomic E-state index is 14.1. The highest BCUT2D eigenvalue weighted by molar-refractivity contribution is 14.0. The number of likely N-dealkylation sites (tertiary alicyclic amines) is 1. The van der Waals surface area contributed by atoms with E-state index in [1.165, 1.54) is 12.5 Å². The zero-order valence-electron chi connectivity index (χ0n) is 16.8. The molecule has 0 spiro atoms. The predicted molar refractivity (Wildman–Crippen MR) is 122 cm³/mol. The van der Waals surface area contributed by atoms with E-state index >= 15 is 0 Å². The van der Waals surface area contributed by atoms with Crippen LogP contribution in [0.15, 0.2) is 29.3 Å². The summed E-state index contributed by atoms with van der Waals surface area (Å²) < 4.78 is 14.1. The number of guanidine groups is 1. The molecular weight excluding hydrogens is 470 g/mol. The fourth-order valence-electron chi connectivity index (χ4n) is 3.92. The summed E-state index contributed by atoms with van der Waals surface area (Å²) >= 11 is 0. The average Bonchev–Trinajstić information content (AvgIpc) is 3.45. The minimum absolute atomic E-state index is 0. The molecule has 7 heteroatoms. The summed E-state index contributed by atoms with van der Waals surface area (Å²) in [6.07, 6.45) is 4.73. The number of carbonyl (C=O) groups excluding carboxylic acids is 1. The van der Waals surface area contributed by atoms with Gasteiger partial charge in [0.15, 0.2) is 5.96 Å². The molecule has 2 aliphatic rings. The third kappa shape index (κ3) is 5.81. The molecule has 1 saturated heterocycles. The van der Waals surface area contributed by atoms with Gasteiger partial charge >= 0.3 is 0 Å². The molecule has 1 aliphatic heterocycles. The van der Waals surface area contributed by atoms with Crippen LogP contribution in [-0.2, 0) is 10.2 Å². The molecule has 2 N–H and O–H groups in total. The molecule has 1 amide bonds. The van der Waals surface area contributed by atoms with Gasteiger partial charge in [0.1, 0.15) is 5.82 Å². The Morgan fingerprint density at radius 3 is 2.71 bits per heavy atom. The van der Waals surface area contributed by atoms with E-state index in [1.54, 1.807) is 13.1 Å². The first-order valence-electron chi connectivity index (χ1n) is 10.0. The highest BCUT2D eigenvalue weighted by Gasteiger charge is 2.45. The molecule has 1 atom stereocenters. The first-order valence-corrected chi connectivity index (χ1v) is 10.0. The molecule has 1 saturated carbocycles. The van der Waals surface area contributed by atoms with E-state index < -0.39 is 0 Å². The van der Waals surface area contributed by atoms with Gasteiger partial charge in [-0.05, 0) is 43.2 Å². The number of halogens is 2. The maximum Gasteiger partial charge on any atom is 0.224 e. The Kier molecular flexibility index (Phi) is 8.52. The van der Waals surface area contributed by atoms with Crippen LogP contribution in [0.4, 0.5) is 4.39 Å². The monoisotopic (exact) mass is 502 g/mol. The number of piperidine rings is 1. The number of nitrogens with zero attached hydrogens (tertiary/aromatic N) is 2. The molecule has 156 valence electrons. The molecule has 3 rings (SSSR count). The van der Waals surface area contributed by atoms with Crippen molar-refractivity contribution in [1.82, 2.24) is 15.5 Å². The lowest BCUT2D eigenvalue weighted by Crippen LogP contribution is -2.44. The third-order valence-corrected chi connectivity index (χ3v) is 5.76. The number of hydrogen-bond donors (Lipinski definition) is 2. The van der Waals surface area contributed by atoms with Gasteiger partial charge in [-0.2, -0.15) is 0 Å². The number of carbonyl (C=O) groups is 1. The van der Waals surface area contributed by atoms with Gasteiger partial charge in [0.2, 0.25) is 5.91 Å². The summed E-state index contributed by atoms with van der Waals surface area (Å²) in [5.74, 6) is 1.33. The minimum Gasteiger partial charge on any atom is -0.356 e. The Bertz CT molecular complexity index is 693. The summed E-state index contributed by atoms with van der Waals surface area (Å²) in [6.45, 7) is 5.15. The Hall–Kier alpha value is -1.38. The molecule has 1 unspecified atom stereocenters. The number of aliphatic imine (C=N–C) groups is 1. The fourth-order valence-corrected chi connectivity index (χ4v) is 3.92. The smallest absolute Gasteiger partial charge is 0.224 e. The van der Waals surface area contributed by atoms with Crippen molar-refractivity contribution in [2.45, 2.75) is 44.4 Å². The van der Waals surface area contributed by atoms with Crippen LogP contribution in [0.25, 0.3) is 0 Å². The summed E-state index contributed by atoms with van der Waals surface area (Å²) in [4.78, 5) is 18.6. The van der Waals surface area contributed by atoms with Crippen LogP contribution in [0, 0.1) is 11.7 Å². The van der Waals surface area contributed by atoms with E-state index in [-0.39, 0.29) is 41.1 Å². The SMILES string of the molecule is CN=C(NCCC(=O)N1CCCC(C)C1)NCC1(c2ccccc2F)CC1.I. The van der Waals surface area contributed by atoms with Crippen molar-refractivity contribution in [3.05, 3.63) is 35.6 Å². The van der Waals surface area contributed by atoms with Crippen molar-refractivity contribution < 1.29 is 9.18 Å². The van der Waals surface area contributed by atoms with Crippen LogP contribution in [0.5, 0.6) is 0 Å². The second-order valence-electron chi connectivity index (χ2n) is 7.95. The van der Waals surface area contributed by atoms with Crippen molar-refractivity contribution >= 4 is 35.8 Å². The standard InChI is InChI=1S/C21H31FN4O.HI/c1-16-6-5-13-26(14-16)19(27)9-12-24-20(23-2)25-15-21(10-11-21)17-7-3-4-8-18(17)22;/h3-4,7-8,16H,5-6,9-15H2,1-2H3,(H2,23,24,25);1H. The van der Waals surface area contributed by atoms with E-state index in [1.807, 2.05) is 17.0 Å². The van der Waals surface area contributed by atoms with Gasteiger partial charge in [0.05, 0.1) is 0 Å². The van der Waals surface area contributed by atoms with Crippen LogP contribution >= 0.6 is 24.0 Å². The molecular formula is C21H32FIN4O. The molecule has 0 aromatic heterocycles. The lowest BCUT2D eigenvalue weighted by atomic mass is 9.95. The summed E-state index contributed by atoms with van der Waals surface area (Å²) in [5, 5.41) is 6.52. The van der Waals surface area contributed by atoms with E-state index in [0.29, 0.717) is 31.4 Å². The number of amides is 1. The fraction of sp³-hybridized carbons (Fsp3) is 0.619. The molecule has 1 aromatic rings. The topological polar surface area (TPSA) is 56.7 Å². The lowest BCUT2D eigenvalue weighted by molar-refractivity contribution is -0.132. The molecule has 2 fully saturated rings. The quantitative estimate of drug-likeness (QED) is 0.357. The van der Waals surface area contributed by atoms with Gasteiger partial charge in [0.25, 0.3) is 0 Å². The summed E-state index contributed by atoms with van der Waals surface area (Å²) in [7, 11) is 1.71. The van der Waals surface area contributed by atoms with E-state index in [0.717, 1.165) is 37.9 Å². The summed E-state index contributed by atoms with van der Waals surface area (Å²) in [5.41, 5.74) is 0.644. The first-order chi connectivity index (χ1) is 13.0. The van der Waals surface area contributed by atoms with Gasteiger partial charge in [-0.3, -0.25) is 9.79 Å². The van der Waals surface area contributed by atoms with Crippen LogP contribution in [-0.4, -0.2) is 50.0 Å². The molecule has 5 nitrogen and oxygen atoms in total. The number of hydrogen-bond acceptors (Lipinski definition) is 2. The van der Waals surface area contributed by atoms with Crippen LogP contribution in [0.3, 0.4) is 0 Å². The normalized spacial score (nSPS) is 20.9. The van der Waals surface area contributed by atoms with E-state index in [4.69, 9.17) is 0 Å². The highest BCUT2D eigenvalue weighted by atomic mass is 127. The zero-order chi connectivity index (χ0) is 19.3. The largest absolute Gasteiger partial charge is 0.356 e. The third-order valence-electron chi connectivity index (χ3n) is 5.76. The van der Waals surface area contributed by atoms with E-state index in [9.17, 15) is 9.18 Å². The molecule has 1 aromatic carbocycles. The lowest BCUT2D eigenvalue weighted by Gasteiger charge is -2.31. The number of benzene rings is 1. The van der Waals surface area contributed by atoms with Crippen LogP contribution in [0.1, 0.15) is 44.6 Å². The average molecular weight is 502 g/mol. The highest BCUT2D eigenvalue weighted by Crippen LogP contribution is 2.48. The second-order valence-corrected chi connectivity index (χ2v) is 7.95. The molecule has 0 radical (unpaired) electrons. The Morgan fingerprint density at radius 1 is 1.32 bits per heavy atom. The molecule has 28 heavy (non-hydrogen) atoms. The summed E-state index contributed by atoms with van der Waals surface area (Å²) in [6, 6.07) is 7.01. The second kappa shape index (κ2) is 10.4. The van der Waals surface area contributed by atoms with E-state index in [2.05, 4.69) is 22.5 Å². The van der Waals surface area contributed by atoms with Gasteiger partial charge in [0, 0.05) is 45.1 Å². The maximum atomic E-state index is 14.1. The minimum atomic E-state index is -0.138. The first kappa shape index (κ1) is 22.9. The van der Waals surface area contributed by atoms with Gasteiger partial charge < -0.3 is 15.5 Å². The van der Waals surface area contributed by atoms with Gasteiger partial charge in [-0.1, -0.05) is 25.1 Å². The van der Waals surface area contributed by atoms with Crippen LogP contribution < -0.4 is 10.6 Å². The van der Waals surface area contributed by atoms with Crippen molar-refractivity contribution in [3.63, 3.8) is 0 Å². The van der Waals surface area contributed by atoms with Crippen molar-refractivity contribution in [3.8, 4) is 0 Å². The molecule has 1 heterocycles. The Morgan fingerprint density at radius 2 is 2.07 bits per heavy atom. The molecule has 1 aliphatic carbocycles. The predicted octanol–water partition coefficient (Wildman–Crippen LogP) is 3.29. The van der Waals surface area contributed by atoms with Crippen LogP contribution in [0.2, 0.25) is 0 Å². The number of nitrogens with one attached hydrogen (secondary N) is 2. The van der Waals surface area contributed by atoms with Gasteiger partial charge in [-0.15, -0.1) is 24.0 Å². The van der Waals surface area contributed by atoms with Crippen molar-refractivity contribution in [2.75, 3.05) is 33.2 Å². The Balaban J connectivity index is 0.00000280. The van der Waals surface area contributed by atoms with Crippen molar-refractivity contribution in [2.24, 2.45) is 10.9 Å².